The number of imidazole rings is 1. The molecule has 0 aliphatic carbocycles. The van der Waals surface area contributed by atoms with Crippen LogP contribution in [0.25, 0.3) is 11.3 Å². The molecule has 0 aliphatic heterocycles. The Hall–Kier alpha value is -4.97. The molecular formula is C25H21ClN6O6. The van der Waals surface area contributed by atoms with Gasteiger partial charge in [0.15, 0.2) is 0 Å². The number of halogens is 1. The molecule has 0 bridgehead atoms. The van der Waals surface area contributed by atoms with Gasteiger partial charge in [0.2, 0.25) is 0 Å². The van der Waals surface area contributed by atoms with Crippen LogP contribution in [0.4, 0.5) is 10.5 Å². The molecule has 0 radical (unpaired) electrons. The van der Waals surface area contributed by atoms with Crippen LogP contribution in [0.2, 0.25) is 5.02 Å². The number of nitrogens with one attached hydrogen (secondary N) is 3. The van der Waals surface area contributed by atoms with E-state index in [0.29, 0.717) is 17.0 Å². The Labute approximate surface area is 220 Å². The van der Waals surface area contributed by atoms with Crippen LogP contribution in [0.3, 0.4) is 0 Å². The quantitative estimate of drug-likeness (QED) is 0.155. The van der Waals surface area contributed by atoms with Crippen LogP contribution in [0.5, 0.6) is 0 Å². The molecule has 2 aromatic carbocycles. The van der Waals surface area contributed by atoms with E-state index in [4.69, 9.17) is 20.8 Å². The SMILES string of the molecule is O=C(N[C@H](Cc1cnc[nH]1)C(=O)N/N=C\c1ccc(-c2ccc(Cl)c([N+](=O)[O-])c2)o1)OCc1ccccc1. The van der Waals surface area contributed by atoms with Crippen molar-refractivity contribution in [3.05, 3.63) is 105 Å². The number of benzene rings is 2. The zero-order valence-electron chi connectivity index (χ0n) is 19.7. The van der Waals surface area contributed by atoms with E-state index >= 15 is 0 Å². The summed E-state index contributed by atoms with van der Waals surface area (Å²) in [5.74, 6) is 0.0170. The molecule has 13 heteroatoms. The second kappa shape index (κ2) is 12.3. The topological polar surface area (TPSA) is 165 Å². The summed E-state index contributed by atoms with van der Waals surface area (Å²) in [6, 6.07) is 15.6. The minimum absolute atomic E-state index is 0.0112. The molecule has 0 unspecified atom stereocenters. The third-order valence-electron chi connectivity index (χ3n) is 5.22. The zero-order chi connectivity index (χ0) is 26.9. The lowest BCUT2D eigenvalue weighted by molar-refractivity contribution is -0.384. The normalized spacial score (nSPS) is 11.7. The number of alkyl carbamates (subject to hydrolysis) is 1. The van der Waals surface area contributed by atoms with Crippen LogP contribution < -0.4 is 10.7 Å². The van der Waals surface area contributed by atoms with Gasteiger partial charge in [-0.1, -0.05) is 41.9 Å². The summed E-state index contributed by atoms with van der Waals surface area (Å²) >= 11 is 5.86. The molecule has 3 N–H and O–H groups in total. The van der Waals surface area contributed by atoms with Gasteiger partial charge in [-0.25, -0.2) is 15.2 Å². The number of nitro groups is 1. The third-order valence-corrected chi connectivity index (χ3v) is 5.54. The lowest BCUT2D eigenvalue weighted by Gasteiger charge is -2.16. The van der Waals surface area contributed by atoms with Gasteiger partial charge in [-0.15, -0.1) is 0 Å². The van der Waals surface area contributed by atoms with Crippen molar-refractivity contribution in [2.24, 2.45) is 5.10 Å². The molecule has 0 saturated heterocycles. The van der Waals surface area contributed by atoms with E-state index in [9.17, 15) is 19.7 Å². The van der Waals surface area contributed by atoms with Crippen molar-refractivity contribution in [1.29, 1.82) is 0 Å². The van der Waals surface area contributed by atoms with Gasteiger partial charge in [0.1, 0.15) is 29.2 Å². The molecule has 2 heterocycles. The van der Waals surface area contributed by atoms with E-state index < -0.39 is 23.0 Å². The van der Waals surface area contributed by atoms with Gasteiger partial charge in [0.05, 0.1) is 17.5 Å². The molecule has 38 heavy (non-hydrogen) atoms. The molecule has 0 spiro atoms. The summed E-state index contributed by atoms with van der Waals surface area (Å²) in [6.45, 7) is 0.0425. The van der Waals surface area contributed by atoms with E-state index in [0.717, 1.165) is 5.56 Å². The molecule has 0 fully saturated rings. The first kappa shape index (κ1) is 26.1. The highest BCUT2D eigenvalue weighted by molar-refractivity contribution is 6.32. The van der Waals surface area contributed by atoms with Crippen LogP contribution in [0, 0.1) is 10.1 Å². The summed E-state index contributed by atoms with van der Waals surface area (Å²) < 4.78 is 10.9. The average Bonchev–Trinajstić information content (AvgIpc) is 3.60. The number of nitro benzene ring substituents is 1. The molecular weight excluding hydrogens is 516 g/mol. The molecule has 194 valence electrons. The van der Waals surface area contributed by atoms with Crippen molar-refractivity contribution < 1.29 is 23.7 Å². The predicted molar refractivity (Wildman–Crippen MR) is 137 cm³/mol. The fraction of sp³-hybridized carbons (Fsp3) is 0.120. The Bertz CT molecular complexity index is 1440. The van der Waals surface area contributed by atoms with Gasteiger partial charge < -0.3 is 19.5 Å². The molecule has 1 atom stereocenters. The van der Waals surface area contributed by atoms with Crippen molar-refractivity contribution in [2.75, 3.05) is 0 Å². The molecule has 0 aliphatic rings. The highest BCUT2D eigenvalue weighted by Gasteiger charge is 2.23. The van der Waals surface area contributed by atoms with Gasteiger partial charge in [-0.3, -0.25) is 14.9 Å². The van der Waals surface area contributed by atoms with Crippen molar-refractivity contribution >= 4 is 35.5 Å². The van der Waals surface area contributed by atoms with Crippen molar-refractivity contribution in [3.63, 3.8) is 0 Å². The van der Waals surface area contributed by atoms with Gasteiger partial charge in [-0.05, 0) is 29.8 Å². The van der Waals surface area contributed by atoms with Gasteiger partial charge in [0, 0.05) is 29.9 Å². The maximum absolute atomic E-state index is 12.8. The number of H-pyrrole nitrogens is 1. The van der Waals surface area contributed by atoms with Crippen LogP contribution in [0.15, 0.2) is 82.7 Å². The molecule has 12 nitrogen and oxygen atoms in total. The summed E-state index contributed by atoms with van der Waals surface area (Å²) in [4.78, 5) is 42.5. The Balaban J connectivity index is 1.38. The Morgan fingerprint density at radius 3 is 2.76 bits per heavy atom. The number of aromatic nitrogens is 2. The smallest absolute Gasteiger partial charge is 0.408 e. The van der Waals surface area contributed by atoms with Crippen molar-refractivity contribution in [3.8, 4) is 11.3 Å². The number of amides is 2. The molecule has 4 aromatic rings. The number of aromatic amines is 1. The Morgan fingerprint density at radius 1 is 1.21 bits per heavy atom. The first-order valence-electron chi connectivity index (χ1n) is 11.2. The fourth-order valence-corrected chi connectivity index (χ4v) is 3.54. The second-order valence-corrected chi connectivity index (χ2v) is 8.31. The lowest BCUT2D eigenvalue weighted by atomic mass is 10.1. The van der Waals surface area contributed by atoms with Crippen molar-refractivity contribution in [2.45, 2.75) is 19.1 Å². The Morgan fingerprint density at radius 2 is 2.03 bits per heavy atom. The third kappa shape index (κ3) is 7.04. The average molecular weight is 537 g/mol. The first-order chi connectivity index (χ1) is 18.4. The van der Waals surface area contributed by atoms with E-state index in [1.54, 1.807) is 18.2 Å². The van der Waals surface area contributed by atoms with Crippen LogP contribution >= 0.6 is 11.6 Å². The lowest BCUT2D eigenvalue weighted by Crippen LogP contribution is -2.47. The molecule has 2 aromatic heterocycles. The molecule has 4 rings (SSSR count). The maximum Gasteiger partial charge on any atom is 0.408 e. The number of nitrogens with zero attached hydrogens (tertiary/aromatic N) is 3. The largest absolute Gasteiger partial charge is 0.455 e. The van der Waals surface area contributed by atoms with E-state index in [1.807, 2.05) is 30.3 Å². The first-order valence-corrected chi connectivity index (χ1v) is 11.6. The minimum atomic E-state index is -1.02. The zero-order valence-corrected chi connectivity index (χ0v) is 20.4. The highest BCUT2D eigenvalue weighted by Crippen LogP contribution is 2.31. The van der Waals surface area contributed by atoms with Gasteiger partial charge >= 0.3 is 6.09 Å². The summed E-state index contributed by atoms with van der Waals surface area (Å²) in [5.41, 5.74) is 3.98. The predicted octanol–water partition coefficient (Wildman–Crippen LogP) is 4.22. The second-order valence-electron chi connectivity index (χ2n) is 7.90. The number of rotatable bonds is 10. The van der Waals surface area contributed by atoms with E-state index in [1.165, 1.54) is 30.9 Å². The molecule has 2 amide bonds. The number of carbonyl (C=O) groups excluding carboxylic acids is 2. The summed E-state index contributed by atoms with van der Waals surface area (Å²) in [7, 11) is 0. The maximum atomic E-state index is 12.8. The number of furan rings is 1. The standard InChI is InChI=1S/C25H21ClN6O6/c26-20-8-6-17(10-22(20)32(35)36)23-9-7-19(38-23)13-29-31-24(33)21(11-18-12-27-15-28-18)30-25(34)37-14-16-4-2-1-3-5-16/h1-10,12-13,15,21H,11,14H2,(H,27,28)(H,30,34)(H,31,33)/b29-13-/t21-/m1/s1. The fourth-order valence-electron chi connectivity index (χ4n) is 3.35. The number of hydrazone groups is 1. The number of ether oxygens (including phenoxy) is 1. The van der Waals surface area contributed by atoms with Crippen LogP contribution in [0.1, 0.15) is 17.0 Å². The molecule has 0 saturated carbocycles. The van der Waals surface area contributed by atoms with Gasteiger partial charge in [-0.2, -0.15) is 5.10 Å². The van der Waals surface area contributed by atoms with E-state index in [2.05, 4.69) is 25.8 Å². The van der Waals surface area contributed by atoms with Crippen molar-refractivity contribution in [1.82, 2.24) is 20.7 Å². The van der Waals surface area contributed by atoms with E-state index in [-0.39, 0.29) is 29.5 Å². The van der Waals surface area contributed by atoms with Crippen LogP contribution in [-0.4, -0.2) is 39.1 Å². The monoisotopic (exact) mass is 536 g/mol. The highest BCUT2D eigenvalue weighted by atomic mass is 35.5. The minimum Gasteiger partial charge on any atom is -0.455 e. The Kier molecular flexibility index (Phi) is 8.46. The summed E-state index contributed by atoms with van der Waals surface area (Å²) in [5, 5.41) is 17.6. The van der Waals surface area contributed by atoms with Crippen LogP contribution in [-0.2, 0) is 22.6 Å². The number of hydrogen-bond acceptors (Lipinski definition) is 8. The number of hydrogen-bond donors (Lipinski definition) is 3. The number of carbonyl (C=O) groups is 2. The summed E-state index contributed by atoms with van der Waals surface area (Å²) in [6.07, 6.45) is 3.59. The van der Waals surface area contributed by atoms with Gasteiger partial charge in [0.25, 0.3) is 11.6 Å².